The van der Waals surface area contributed by atoms with Crippen molar-refractivity contribution in [1.29, 1.82) is 5.26 Å². The standard InChI is InChI=1S/C20H21N3O4/c1-25-17-7-4-14(5-8-17)12-22-13-15(11-21)20(24)23-16-6-9-18(26-2)19(10-16)27-3/h4-10,13,22H,12H2,1-3H3,(H,23,24)/b15-13-. The van der Waals surface area contributed by atoms with Crippen LogP contribution >= 0.6 is 0 Å². The fourth-order valence-electron chi connectivity index (χ4n) is 2.28. The number of nitrogens with zero attached hydrogens (tertiary/aromatic N) is 1. The number of carbonyl (C=O) groups excluding carboxylic acids is 1. The Labute approximate surface area is 158 Å². The number of hydrogen-bond acceptors (Lipinski definition) is 6. The van der Waals surface area contributed by atoms with Gasteiger partial charge in [-0.2, -0.15) is 5.26 Å². The summed E-state index contributed by atoms with van der Waals surface area (Å²) in [6.45, 7) is 0.471. The molecule has 0 aromatic heterocycles. The number of benzene rings is 2. The Kier molecular flexibility index (Phi) is 7.08. The van der Waals surface area contributed by atoms with Gasteiger partial charge in [-0.1, -0.05) is 12.1 Å². The van der Waals surface area contributed by atoms with E-state index in [1.165, 1.54) is 20.4 Å². The molecule has 0 atom stereocenters. The average Bonchev–Trinajstić information content (AvgIpc) is 2.71. The van der Waals surface area contributed by atoms with Gasteiger partial charge in [0.2, 0.25) is 0 Å². The third kappa shape index (κ3) is 5.41. The van der Waals surface area contributed by atoms with Gasteiger partial charge in [0.25, 0.3) is 5.91 Å². The van der Waals surface area contributed by atoms with Crippen LogP contribution in [0.3, 0.4) is 0 Å². The van der Waals surface area contributed by atoms with E-state index in [9.17, 15) is 10.1 Å². The number of anilines is 1. The number of nitrogens with one attached hydrogen (secondary N) is 2. The van der Waals surface area contributed by atoms with Crippen molar-refractivity contribution in [1.82, 2.24) is 5.32 Å². The zero-order valence-corrected chi connectivity index (χ0v) is 15.4. The first-order valence-electron chi connectivity index (χ1n) is 8.11. The zero-order chi connectivity index (χ0) is 19.6. The van der Waals surface area contributed by atoms with Crippen LogP contribution < -0.4 is 24.8 Å². The maximum absolute atomic E-state index is 12.3. The summed E-state index contributed by atoms with van der Waals surface area (Å²) in [4.78, 5) is 12.3. The number of carbonyl (C=O) groups is 1. The third-order valence-corrected chi connectivity index (χ3v) is 3.72. The summed E-state index contributed by atoms with van der Waals surface area (Å²) in [5, 5.41) is 14.9. The van der Waals surface area contributed by atoms with E-state index in [1.807, 2.05) is 30.3 Å². The highest BCUT2D eigenvalue weighted by Gasteiger charge is 2.11. The van der Waals surface area contributed by atoms with Gasteiger partial charge in [0.15, 0.2) is 11.5 Å². The summed E-state index contributed by atoms with van der Waals surface area (Å²) in [6.07, 6.45) is 1.39. The Morgan fingerprint density at radius 2 is 1.74 bits per heavy atom. The lowest BCUT2D eigenvalue weighted by Gasteiger charge is -2.10. The van der Waals surface area contributed by atoms with Gasteiger partial charge in [-0.25, -0.2) is 0 Å². The predicted octanol–water partition coefficient (Wildman–Crippen LogP) is 2.85. The van der Waals surface area contributed by atoms with E-state index in [-0.39, 0.29) is 5.57 Å². The number of methoxy groups -OCH3 is 3. The molecule has 27 heavy (non-hydrogen) atoms. The lowest BCUT2D eigenvalue weighted by molar-refractivity contribution is -0.112. The first-order valence-corrected chi connectivity index (χ1v) is 8.11. The van der Waals surface area contributed by atoms with Crippen molar-refractivity contribution in [3.05, 3.63) is 59.8 Å². The largest absolute Gasteiger partial charge is 0.497 e. The lowest BCUT2D eigenvalue weighted by Crippen LogP contribution is -2.16. The van der Waals surface area contributed by atoms with Gasteiger partial charge >= 0.3 is 0 Å². The van der Waals surface area contributed by atoms with E-state index < -0.39 is 5.91 Å². The Morgan fingerprint density at radius 3 is 2.33 bits per heavy atom. The van der Waals surface area contributed by atoms with Crippen LogP contribution in [-0.4, -0.2) is 27.2 Å². The molecule has 0 bridgehead atoms. The molecule has 2 rings (SSSR count). The molecule has 0 aliphatic heterocycles. The minimum Gasteiger partial charge on any atom is -0.497 e. The van der Waals surface area contributed by atoms with E-state index >= 15 is 0 Å². The summed E-state index contributed by atoms with van der Waals surface area (Å²) in [7, 11) is 4.64. The van der Waals surface area contributed by atoms with Gasteiger partial charge in [0, 0.05) is 24.5 Å². The molecule has 0 unspecified atom stereocenters. The Hall–Kier alpha value is -3.66. The Balaban J connectivity index is 2.00. The van der Waals surface area contributed by atoms with E-state index in [2.05, 4.69) is 10.6 Å². The van der Waals surface area contributed by atoms with E-state index in [0.717, 1.165) is 11.3 Å². The van der Waals surface area contributed by atoms with Gasteiger partial charge in [-0.05, 0) is 29.8 Å². The number of ether oxygens (including phenoxy) is 3. The third-order valence-electron chi connectivity index (χ3n) is 3.72. The molecule has 0 fully saturated rings. The molecule has 0 radical (unpaired) electrons. The fraction of sp³-hybridized carbons (Fsp3) is 0.200. The van der Waals surface area contributed by atoms with Crippen molar-refractivity contribution < 1.29 is 19.0 Å². The molecular formula is C20H21N3O4. The molecular weight excluding hydrogens is 346 g/mol. The predicted molar refractivity (Wildman–Crippen MR) is 102 cm³/mol. The zero-order valence-electron chi connectivity index (χ0n) is 15.4. The number of hydrogen-bond donors (Lipinski definition) is 2. The maximum Gasteiger partial charge on any atom is 0.267 e. The number of amides is 1. The maximum atomic E-state index is 12.3. The second-order valence-corrected chi connectivity index (χ2v) is 5.42. The van der Waals surface area contributed by atoms with Crippen LogP contribution in [0, 0.1) is 11.3 Å². The highest BCUT2D eigenvalue weighted by Crippen LogP contribution is 2.29. The summed E-state index contributed by atoms with van der Waals surface area (Å²) in [5.41, 5.74) is 1.44. The topological polar surface area (TPSA) is 92.6 Å². The van der Waals surface area contributed by atoms with Crippen molar-refractivity contribution in [2.75, 3.05) is 26.6 Å². The van der Waals surface area contributed by atoms with Crippen molar-refractivity contribution in [3.63, 3.8) is 0 Å². The van der Waals surface area contributed by atoms with Crippen molar-refractivity contribution >= 4 is 11.6 Å². The molecule has 0 aliphatic carbocycles. The number of nitriles is 1. The van der Waals surface area contributed by atoms with Crippen LogP contribution in [0.2, 0.25) is 0 Å². The summed E-state index contributed by atoms with van der Waals surface area (Å²) in [5.74, 6) is 1.27. The van der Waals surface area contributed by atoms with Crippen molar-refractivity contribution in [2.45, 2.75) is 6.54 Å². The smallest absolute Gasteiger partial charge is 0.267 e. The molecule has 140 valence electrons. The molecule has 7 heteroatoms. The average molecular weight is 367 g/mol. The van der Waals surface area contributed by atoms with Crippen LogP contribution in [-0.2, 0) is 11.3 Å². The van der Waals surface area contributed by atoms with Gasteiger partial charge in [-0.15, -0.1) is 0 Å². The molecule has 0 spiro atoms. The van der Waals surface area contributed by atoms with Gasteiger partial charge < -0.3 is 24.8 Å². The normalized spacial score (nSPS) is 10.5. The van der Waals surface area contributed by atoms with Crippen LogP contribution in [0.15, 0.2) is 54.2 Å². The van der Waals surface area contributed by atoms with Crippen LogP contribution in [0.5, 0.6) is 17.2 Å². The van der Waals surface area contributed by atoms with Gasteiger partial charge in [-0.3, -0.25) is 4.79 Å². The van der Waals surface area contributed by atoms with E-state index in [1.54, 1.807) is 25.3 Å². The SMILES string of the molecule is COc1ccc(CN/C=C(/C#N)C(=O)Nc2ccc(OC)c(OC)c2)cc1. The minimum atomic E-state index is -0.521. The van der Waals surface area contributed by atoms with Crippen molar-refractivity contribution in [3.8, 4) is 23.3 Å². The molecule has 0 heterocycles. The monoisotopic (exact) mass is 367 g/mol. The van der Waals surface area contributed by atoms with Crippen LogP contribution in [0.4, 0.5) is 5.69 Å². The molecule has 1 amide bonds. The Morgan fingerprint density at radius 1 is 1.04 bits per heavy atom. The lowest BCUT2D eigenvalue weighted by atomic mass is 10.2. The first kappa shape index (κ1) is 19.7. The fourth-order valence-corrected chi connectivity index (χ4v) is 2.28. The summed E-state index contributed by atoms with van der Waals surface area (Å²) in [6, 6.07) is 14.3. The molecule has 0 saturated heterocycles. The summed E-state index contributed by atoms with van der Waals surface area (Å²) < 4.78 is 15.5. The highest BCUT2D eigenvalue weighted by molar-refractivity contribution is 6.06. The minimum absolute atomic E-state index is 0.0432. The molecule has 2 aromatic carbocycles. The van der Waals surface area contributed by atoms with Gasteiger partial charge in [0.1, 0.15) is 17.4 Å². The summed E-state index contributed by atoms with van der Waals surface area (Å²) >= 11 is 0. The van der Waals surface area contributed by atoms with Crippen LogP contribution in [0.25, 0.3) is 0 Å². The second-order valence-electron chi connectivity index (χ2n) is 5.42. The molecule has 2 N–H and O–H groups in total. The highest BCUT2D eigenvalue weighted by atomic mass is 16.5. The first-order chi connectivity index (χ1) is 13.1. The van der Waals surface area contributed by atoms with E-state index in [4.69, 9.17) is 14.2 Å². The molecule has 0 aliphatic rings. The van der Waals surface area contributed by atoms with E-state index in [0.29, 0.717) is 23.7 Å². The Bertz CT molecular complexity index is 855. The molecule has 2 aromatic rings. The van der Waals surface area contributed by atoms with Gasteiger partial charge in [0.05, 0.1) is 21.3 Å². The quantitative estimate of drug-likeness (QED) is 0.551. The second kappa shape index (κ2) is 9.73. The number of rotatable bonds is 8. The van der Waals surface area contributed by atoms with Crippen LogP contribution in [0.1, 0.15) is 5.56 Å². The molecule has 7 nitrogen and oxygen atoms in total. The van der Waals surface area contributed by atoms with Crippen molar-refractivity contribution in [2.24, 2.45) is 0 Å². The molecule has 0 saturated carbocycles.